The molecule has 0 amide bonds. The average molecular weight is 355 g/mol. The summed E-state index contributed by atoms with van der Waals surface area (Å²) in [5.74, 6) is 0. The number of hydrogen-bond acceptors (Lipinski definition) is 3. The van der Waals surface area contributed by atoms with Gasteiger partial charge in [0.1, 0.15) is 4.90 Å². The average Bonchev–Trinajstić information content (AvgIpc) is 2.38. The van der Waals surface area contributed by atoms with Crippen molar-refractivity contribution in [3.05, 3.63) is 58.3 Å². The van der Waals surface area contributed by atoms with Gasteiger partial charge in [0.15, 0.2) is 0 Å². The normalized spacial score (nSPS) is 13.2. The molecule has 0 radical (unpaired) electrons. The molecule has 1 heterocycles. The highest BCUT2D eigenvalue weighted by atomic mass is 79.9. The molecule has 0 aliphatic heterocycles. The highest BCUT2D eigenvalue weighted by Crippen LogP contribution is 2.20. The van der Waals surface area contributed by atoms with Gasteiger partial charge < -0.3 is 0 Å². The van der Waals surface area contributed by atoms with E-state index in [0.717, 1.165) is 15.7 Å². The van der Waals surface area contributed by atoms with E-state index in [1.165, 1.54) is 6.20 Å². The fourth-order valence-electron chi connectivity index (χ4n) is 1.76. The lowest BCUT2D eigenvalue weighted by molar-refractivity contribution is 0.566. The molecule has 6 heteroatoms. The number of hydrogen-bond donors (Lipinski definition) is 1. The summed E-state index contributed by atoms with van der Waals surface area (Å²) in [6.07, 6.45) is 1.37. The van der Waals surface area contributed by atoms with Crippen molar-refractivity contribution < 1.29 is 8.42 Å². The molecule has 2 aromatic rings. The second-order valence-corrected chi connectivity index (χ2v) is 7.16. The van der Waals surface area contributed by atoms with Crippen LogP contribution in [0.15, 0.2) is 52.0 Å². The van der Waals surface area contributed by atoms with E-state index in [1.807, 2.05) is 31.2 Å². The second-order valence-electron chi connectivity index (χ2n) is 4.53. The van der Waals surface area contributed by atoms with Crippen molar-refractivity contribution in [1.29, 1.82) is 0 Å². The molecule has 106 valence electrons. The first kappa shape index (κ1) is 15.2. The van der Waals surface area contributed by atoms with Crippen LogP contribution in [0, 0.1) is 6.92 Å². The first-order valence-corrected chi connectivity index (χ1v) is 8.36. The van der Waals surface area contributed by atoms with Crippen molar-refractivity contribution in [2.45, 2.75) is 24.8 Å². The van der Waals surface area contributed by atoms with Gasteiger partial charge in [-0.15, -0.1) is 0 Å². The lowest BCUT2D eigenvalue weighted by Crippen LogP contribution is -2.27. The molecule has 0 fully saturated rings. The minimum absolute atomic E-state index is 0.171. The van der Waals surface area contributed by atoms with Gasteiger partial charge in [-0.1, -0.05) is 28.1 Å². The number of aryl methyl sites for hydroxylation is 1. The van der Waals surface area contributed by atoms with E-state index in [0.29, 0.717) is 0 Å². The van der Waals surface area contributed by atoms with Crippen molar-refractivity contribution in [1.82, 2.24) is 9.71 Å². The van der Waals surface area contributed by atoms with Gasteiger partial charge in [0.25, 0.3) is 0 Å². The van der Waals surface area contributed by atoms with Crippen LogP contribution in [0.5, 0.6) is 0 Å². The van der Waals surface area contributed by atoms with Crippen LogP contribution in [0.25, 0.3) is 0 Å². The lowest BCUT2D eigenvalue weighted by Gasteiger charge is -2.15. The number of pyridine rings is 1. The third-order valence-electron chi connectivity index (χ3n) is 2.88. The van der Waals surface area contributed by atoms with E-state index in [1.54, 1.807) is 19.1 Å². The van der Waals surface area contributed by atoms with Crippen molar-refractivity contribution in [3.63, 3.8) is 0 Å². The zero-order chi connectivity index (χ0) is 14.8. The second kappa shape index (κ2) is 6.03. The number of aromatic nitrogens is 1. The summed E-state index contributed by atoms with van der Waals surface area (Å²) >= 11 is 3.38. The van der Waals surface area contributed by atoms with Gasteiger partial charge in [0.2, 0.25) is 10.0 Å². The molecule has 0 saturated carbocycles. The Balaban J connectivity index is 2.22. The molecule has 2 rings (SSSR count). The monoisotopic (exact) mass is 354 g/mol. The fourth-order valence-corrected chi connectivity index (χ4v) is 3.35. The third-order valence-corrected chi connectivity index (χ3v) is 4.89. The highest BCUT2D eigenvalue weighted by molar-refractivity contribution is 9.10. The Morgan fingerprint density at radius 1 is 1.25 bits per heavy atom. The quantitative estimate of drug-likeness (QED) is 0.916. The van der Waals surface area contributed by atoms with E-state index in [9.17, 15) is 8.42 Å². The van der Waals surface area contributed by atoms with E-state index in [-0.39, 0.29) is 10.9 Å². The van der Waals surface area contributed by atoms with Crippen LogP contribution >= 0.6 is 15.9 Å². The molecule has 0 unspecified atom stereocenters. The maximum Gasteiger partial charge on any atom is 0.242 e. The summed E-state index contributed by atoms with van der Waals surface area (Å²) in [5.41, 5.74) is 1.67. The van der Waals surface area contributed by atoms with Crippen LogP contribution < -0.4 is 4.72 Å². The van der Waals surface area contributed by atoms with Gasteiger partial charge in [-0.05, 0) is 43.7 Å². The van der Waals surface area contributed by atoms with Crippen LogP contribution in [-0.4, -0.2) is 13.4 Å². The summed E-state index contributed by atoms with van der Waals surface area (Å²) in [5, 5.41) is 0. The maximum atomic E-state index is 12.2. The van der Waals surface area contributed by atoms with Crippen molar-refractivity contribution in [2.24, 2.45) is 0 Å². The van der Waals surface area contributed by atoms with E-state index < -0.39 is 10.0 Å². The topological polar surface area (TPSA) is 59.1 Å². The Kier molecular flexibility index (Phi) is 4.57. The van der Waals surface area contributed by atoms with Crippen LogP contribution in [0.1, 0.15) is 24.2 Å². The van der Waals surface area contributed by atoms with Gasteiger partial charge in [-0.3, -0.25) is 4.98 Å². The molecule has 0 saturated heterocycles. The van der Waals surface area contributed by atoms with E-state index >= 15 is 0 Å². The smallest absolute Gasteiger partial charge is 0.242 e. The number of sulfonamides is 1. The van der Waals surface area contributed by atoms with Gasteiger partial charge in [-0.2, -0.15) is 0 Å². The van der Waals surface area contributed by atoms with Crippen molar-refractivity contribution in [2.75, 3.05) is 0 Å². The molecular formula is C14H15BrN2O2S. The molecule has 1 atom stereocenters. The number of benzene rings is 1. The van der Waals surface area contributed by atoms with Gasteiger partial charge in [0, 0.05) is 22.4 Å². The van der Waals surface area contributed by atoms with Crippen LogP contribution in [0.4, 0.5) is 0 Å². The standard InChI is InChI=1S/C14H15BrN2O2S/c1-10-6-7-14(9-16-10)20(18,19)17-11(2)12-4-3-5-13(15)8-12/h3-9,11,17H,1-2H3/t11-/m0/s1. The minimum atomic E-state index is -3.57. The zero-order valence-electron chi connectivity index (χ0n) is 11.2. The molecule has 1 aromatic carbocycles. The number of nitrogens with one attached hydrogen (secondary N) is 1. The predicted octanol–water partition coefficient (Wildman–Crippen LogP) is 3.19. The molecule has 1 aromatic heterocycles. The number of nitrogens with zero attached hydrogens (tertiary/aromatic N) is 1. The molecule has 1 N–H and O–H groups in total. The lowest BCUT2D eigenvalue weighted by atomic mass is 10.1. The van der Waals surface area contributed by atoms with Crippen LogP contribution in [-0.2, 0) is 10.0 Å². The van der Waals surface area contributed by atoms with Crippen molar-refractivity contribution >= 4 is 26.0 Å². The van der Waals surface area contributed by atoms with Crippen molar-refractivity contribution in [3.8, 4) is 0 Å². The highest BCUT2D eigenvalue weighted by Gasteiger charge is 2.18. The summed E-state index contributed by atoms with van der Waals surface area (Å²) in [7, 11) is -3.57. The molecule has 0 aliphatic rings. The fraction of sp³-hybridized carbons (Fsp3) is 0.214. The molecule has 0 aliphatic carbocycles. The third kappa shape index (κ3) is 3.65. The molecule has 4 nitrogen and oxygen atoms in total. The number of rotatable bonds is 4. The Labute approximate surface area is 127 Å². The van der Waals surface area contributed by atoms with E-state index in [2.05, 4.69) is 25.6 Å². The first-order valence-electron chi connectivity index (χ1n) is 6.09. The summed E-state index contributed by atoms with van der Waals surface area (Å²) in [6.45, 7) is 3.62. The Hall–Kier alpha value is -1.24. The summed E-state index contributed by atoms with van der Waals surface area (Å²) in [4.78, 5) is 4.18. The van der Waals surface area contributed by atoms with Gasteiger partial charge in [0.05, 0.1) is 0 Å². The molecular weight excluding hydrogens is 340 g/mol. The molecule has 20 heavy (non-hydrogen) atoms. The Morgan fingerprint density at radius 3 is 2.60 bits per heavy atom. The van der Waals surface area contributed by atoms with Crippen LogP contribution in [0.3, 0.4) is 0 Å². The minimum Gasteiger partial charge on any atom is -0.260 e. The Morgan fingerprint density at radius 2 is 2.00 bits per heavy atom. The van der Waals surface area contributed by atoms with Gasteiger partial charge in [-0.25, -0.2) is 13.1 Å². The Bertz CT molecular complexity index is 699. The molecule has 0 bridgehead atoms. The first-order chi connectivity index (χ1) is 9.38. The SMILES string of the molecule is Cc1ccc(S(=O)(=O)N[C@@H](C)c2cccc(Br)c2)cn1. The maximum absolute atomic E-state index is 12.2. The van der Waals surface area contributed by atoms with Gasteiger partial charge >= 0.3 is 0 Å². The molecule has 0 spiro atoms. The summed E-state index contributed by atoms with van der Waals surface area (Å²) in [6, 6.07) is 10.5. The summed E-state index contributed by atoms with van der Waals surface area (Å²) < 4.78 is 28.1. The van der Waals surface area contributed by atoms with E-state index in [4.69, 9.17) is 0 Å². The number of halogens is 1. The van der Waals surface area contributed by atoms with Crippen LogP contribution in [0.2, 0.25) is 0 Å². The predicted molar refractivity (Wildman–Crippen MR) is 81.9 cm³/mol. The zero-order valence-corrected chi connectivity index (χ0v) is 13.6. The largest absolute Gasteiger partial charge is 0.260 e.